The van der Waals surface area contributed by atoms with Crippen LogP contribution in [-0.2, 0) is 9.59 Å². The number of hydrogen-bond donors (Lipinski definition) is 1. The smallest absolute Gasteiger partial charge is 0.264 e. The van der Waals surface area contributed by atoms with Gasteiger partial charge in [0, 0.05) is 17.3 Å². The first-order chi connectivity index (χ1) is 6.17. The fourth-order valence-corrected chi connectivity index (χ4v) is 0.728. The molecule has 1 amide bonds. The van der Waals surface area contributed by atoms with Crippen molar-refractivity contribution in [1.29, 1.82) is 0 Å². The number of allylic oxidation sites excluding steroid dienone is 3. The van der Waals surface area contributed by atoms with Crippen LogP contribution in [0.2, 0.25) is 0 Å². The minimum absolute atomic E-state index is 0.232. The quantitative estimate of drug-likeness (QED) is 0.399. The van der Waals surface area contributed by atoms with Crippen molar-refractivity contribution in [3.05, 3.63) is 23.4 Å². The van der Waals surface area contributed by atoms with Gasteiger partial charge in [-0.25, -0.2) is 8.78 Å². The second kappa shape index (κ2) is 6.05. The Morgan fingerprint density at radius 3 is 2.31 bits per heavy atom. The van der Waals surface area contributed by atoms with Crippen molar-refractivity contribution in [1.82, 2.24) is 5.32 Å². The molecule has 0 fully saturated rings. The summed E-state index contributed by atoms with van der Waals surface area (Å²) >= 11 is 0. The van der Waals surface area contributed by atoms with Crippen molar-refractivity contribution >= 4 is 12.7 Å². The average Bonchev–Trinajstić information content (AvgIpc) is 2.11. The first kappa shape index (κ1) is 11.5. The molecule has 0 rings (SSSR count). The van der Waals surface area contributed by atoms with E-state index < -0.39 is 12.0 Å². The Kier molecular flexibility index (Phi) is 5.34. The van der Waals surface area contributed by atoms with E-state index in [1.165, 1.54) is 6.92 Å². The number of rotatable bonds is 5. The second-order valence-corrected chi connectivity index (χ2v) is 2.05. The number of aldehydes is 1. The predicted octanol–water partition coefficient (Wildman–Crippen LogP) is 1.03. The second-order valence-electron chi connectivity index (χ2n) is 2.05. The highest BCUT2D eigenvalue weighted by atomic mass is 19.3. The first-order valence-corrected chi connectivity index (χ1v) is 3.47. The zero-order valence-corrected chi connectivity index (χ0v) is 6.96. The van der Waals surface area contributed by atoms with Gasteiger partial charge in [0.2, 0.25) is 6.41 Å². The van der Waals surface area contributed by atoms with E-state index in [0.717, 1.165) is 12.3 Å². The Labute approximate surface area is 74.1 Å². The predicted molar refractivity (Wildman–Crippen MR) is 43.1 cm³/mol. The highest BCUT2D eigenvalue weighted by molar-refractivity contribution is 5.80. The highest BCUT2D eigenvalue weighted by Crippen LogP contribution is 2.15. The van der Waals surface area contributed by atoms with Gasteiger partial charge < -0.3 is 5.32 Å². The third-order valence-electron chi connectivity index (χ3n) is 1.31. The van der Waals surface area contributed by atoms with Crippen LogP contribution in [0.1, 0.15) is 6.92 Å². The van der Waals surface area contributed by atoms with Crippen molar-refractivity contribution < 1.29 is 18.4 Å². The summed E-state index contributed by atoms with van der Waals surface area (Å²) in [6.07, 6.45) is -0.117. The molecule has 0 atom stereocenters. The van der Waals surface area contributed by atoms with Gasteiger partial charge in [-0.05, 0) is 6.92 Å². The number of halogens is 2. The molecule has 0 bridgehead atoms. The topological polar surface area (TPSA) is 46.2 Å². The van der Waals surface area contributed by atoms with Crippen LogP contribution in [0.4, 0.5) is 8.78 Å². The van der Waals surface area contributed by atoms with Crippen LogP contribution in [-0.4, -0.2) is 19.1 Å². The monoisotopic (exact) mass is 189 g/mol. The van der Waals surface area contributed by atoms with E-state index >= 15 is 0 Å². The van der Waals surface area contributed by atoms with Crippen LogP contribution in [0.25, 0.3) is 0 Å². The van der Waals surface area contributed by atoms with Gasteiger partial charge in [0.15, 0.2) is 6.29 Å². The van der Waals surface area contributed by atoms with Crippen molar-refractivity contribution in [3.8, 4) is 0 Å². The summed E-state index contributed by atoms with van der Waals surface area (Å²) in [5, 5.41) is 2.02. The molecule has 0 heterocycles. The van der Waals surface area contributed by atoms with Gasteiger partial charge in [0.05, 0.1) is 0 Å². The number of nitrogens with one attached hydrogen (secondary N) is 1. The Morgan fingerprint density at radius 1 is 1.38 bits per heavy atom. The van der Waals surface area contributed by atoms with E-state index in [2.05, 4.69) is 0 Å². The maximum atomic E-state index is 12.2. The molecule has 0 spiro atoms. The Morgan fingerprint density at radius 2 is 2.00 bits per heavy atom. The molecule has 13 heavy (non-hydrogen) atoms. The molecule has 0 saturated carbocycles. The molecule has 72 valence electrons. The minimum atomic E-state index is -2.73. The Hall–Kier alpha value is -1.52. The zero-order chi connectivity index (χ0) is 10.3. The van der Waals surface area contributed by atoms with Gasteiger partial charge in [-0.15, -0.1) is 0 Å². The van der Waals surface area contributed by atoms with E-state index in [-0.39, 0.29) is 11.9 Å². The van der Waals surface area contributed by atoms with E-state index in [1.807, 2.05) is 5.32 Å². The summed E-state index contributed by atoms with van der Waals surface area (Å²) in [4.78, 5) is 20.1. The van der Waals surface area contributed by atoms with Gasteiger partial charge in [-0.2, -0.15) is 0 Å². The molecule has 3 nitrogen and oxygen atoms in total. The van der Waals surface area contributed by atoms with Crippen LogP contribution < -0.4 is 5.32 Å². The van der Waals surface area contributed by atoms with Crippen molar-refractivity contribution in [3.63, 3.8) is 0 Å². The zero-order valence-electron chi connectivity index (χ0n) is 6.96. The molecule has 0 aliphatic carbocycles. The lowest BCUT2D eigenvalue weighted by molar-refractivity contribution is -0.108. The standard InChI is InChI=1S/C8H9F2NO2/c1-2-7(8(9)10)6(4-12)3-11-5-13/h2-5,8H,1H3,(H,11,13)/b6-3-,7-2+. The molecule has 0 aromatic rings. The molecular weight excluding hydrogens is 180 g/mol. The average molecular weight is 189 g/mol. The van der Waals surface area contributed by atoms with Crippen molar-refractivity contribution in [2.75, 3.05) is 0 Å². The van der Waals surface area contributed by atoms with Gasteiger partial charge in [-0.3, -0.25) is 9.59 Å². The molecule has 0 unspecified atom stereocenters. The van der Waals surface area contributed by atoms with Crippen LogP contribution in [0.5, 0.6) is 0 Å². The van der Waals surface area contributed by atoms with Gasteiger partial charge >= 0.3 is 0 Å². The van der Waals surface area contributed by atoms with Gasteiger partial charge in [0.25, 0.3) is 6.43 Å². The van der Waals surface area contributed by atoms with Gasteiger partial charge in [-0.1, -0.05) is 6.08 Å². The van der Waals surface area contributed by atoms with Crippen LogP contribution in [0.3, 0.4) is 0 Å². The normalized spacial score (nSPS) is 12.9. The third-order valence-corrected chi connectivity index (χ3v) is 1.31. The lowest BCUT2D eigenvalue weighted by Crippen LogP contribution is -2.08. The molecule has 5 heteroatoms. The summed E-state index contributed by atoms with van der Waals surface area (Å²) in [5.41, 5.74) is -0.631. The summed E-state index contributed by atoms with van der Waals surface area (Å²) in [5.74, 6) is 0. The lowest BCUT2D eigenvalue weighted by Gasteiger charge is -2.03. The molecule has 0 aromatic heterocycles. The minimum Gasteiger partial charge on any atom is -0.335 e. The molecule has 0 radical (unpaired) electrons. The largest absolute Gasteiger partial charge is 0.335 e. The van der Waals surface area contributed by atoms with E-state index in [0.29, 0.717) is 6.41 Å². The number of alkyl halides is 2. The molecule has 0 aliphatic rings. The summed E-state index contributed by atoms with van der Waals surface area (Å²) in [7, 11) is 0. The molecular formula is C8H9F2NO2. The number of hydrogen-bond acceptors (Lipinski definition) is 2. The van der Waals surface area contributed by atoms with E-state index in [1.54, 1.807) is 0 Å². The lowest BCUT2D eigenvalue weighted by atomic mass is 10.1. The number of carbonyl (C=O) groups excluding carboxylic acids is 2. The van der Waals surface area contributed by atoms with E-state index in [9.17, 15) is 18.4 Å². The van der Waals surface area contributed by atoms with Crippen LogP contribution in [0, 0.1) is 0 Å². The fraction of sp³-hybridized carbons (Fsp3) is 0.250. The fourth-order valence-electron chi connectivity index (χ4n) is 0.728. The van der Waals surface area contributed by atoms with Crippen molar-refractivity contribution in [2.24, 2.45) is 0 Å². The molecule has 1 N–H and O–H groups in total. The van der Waals surface area contributed by atoms with Crippen molar-refractivity contribution in [2.45, 2.75) is 13.3 Å². The number of amides is 1. The Bertz CT molecular complexity index is 247. The SMILES string of the molecule is C/C=C(\C(C=O)=C/NC=O)C(F)F. The maximum Gasteiger partial charge on any atom is 0.264 e. The maximum absolute atomic E-state index is 12.2. The molecule has 0 aromatic carbocycles. The number of carbonyl (C=O) groups is 2. The molecule has 0 aliphatic heterocycles. The van der Waals surface area contributed by atoms with Gasteiger partial charge in [0.1, 0.15) is 0 Å². The van der Waals surface area contributed by atoms with Crippen LogP contribution in [0.15, 0.2) is 23.4 Å². The summed E-state index contributed by atoms with van der Waals surface area (Å²) < 4.78 is 24.4. The highest BCUT2D eigenvalue weighted by Gasteiger charge is 2.13. The van der Waals surface area contributed by atoms with Crippen LogP contribution >= 0.6 is 0 Å². The molecule has 0 saturated heterocycles. The summed E-state index contributed by atoms with van der Waals surface area (Å²) in [6, 6.07) is 0. The first-order valence-electron chi connectivity index (χ1n) is 3.47. The third kappa shape index (κ3) is 3.59. The van der Waals surface area contributed by atoms with E-state index in [4.69, 9.17) is 0 Å². The Balaban J connectivity index is 4.73. The summed E-state index contributed by atoms with van der Waals surface area (Å²) in [6.45, 7) is 1.39.